The van der Waals surface area contributed by atoms with Gasteiger partial charge in [-0.05, 0) is 30.3 Å². The van der Waals surface area contributed by atoms with Crippen molar-refractivity contribution in [3.8, 4) is 5.75 Å². The molecular formula is C17H12Cl3N3O3S. The first-order valence-corrected chi connectivity index (χ1v) is 9.70. The molecule has 1 heterocycles. The maximum Gasteiger partial charge on any atom is 0.277 e. The van der Waals surface area contributed by atoms with E-state index in [1.54, 1.807) is 36.4 Å². The number of benzene rings is 2. The van der Waals surface area contributed by atoms with Crippen molar-refractivity contribution in [3.63, 3.8) is 0 Å². The van der Waals surface area contributed by atoms with Crippen LogP contribution in [-0.4, -0.2) is 21.9 Å². The number of carbonyl (C=O) groups excluding carboxylic acids is 1. The number of amides is 1. The van der Waals surface area contributed by atoms with E-state index >= 15 is 0 Å². The predicted molar refractivity (Wildman–Crippen MR) is 106 cm³/mol. The lowest BCUT2D eigenvalue weighted by atomic mass is 10.3. The highest BCUT2D eigenvalue weighted by molar-refractivity contribution is 7.99. The number of ether oxygens (including phenoxy) is 1. The second kappa shape index (κ2) is 9.32. The molecule has 0 unspecified atom stereocenters. The summed E-state index contributed by atoms with van der Waals surface area (Å²) in [6, 6.07) is 11.9. The molecule has 3 rings (SSSR count). The van der Waals surface area contributed by atoms with Gasteiger partial charge >= 0.3 is 0 Å². The molecule has 2 aromatic carbocycles. The van der Waals surface area contributed by atoms with Crippen LogP contribution in [0.1, 0.15) is 5.89 Å². The second-order valence-corrected chi connectivity index (χ2v) is 7.32. The molecule has 0 spiro atoms. The summed E-state index contributed by atoms with van der Waals surface area (Å²) in [7, 11) is 0. The monoisotopic (exact) mass is 443 g/mol. The lowest BCUT2D eigenvalue weighted by molar-refractivity contribution is -0.113. The minimum Gasteiger partial charge on any atom is -0.482 e. The zero-order chi connectivity index (χ0) is 19.2. The Labute approximate surface area is 174 Å². The van der Waals surface area contributed by atoms with Crippen LogP contribution in [-0.2, 0) is 11.4 Å². The quantitative estimate of drug-likeness (QED) is 0.496. The first-order valence-electron chi connectivity index (χ1n) is 7.58. The van der Waals surface area contributed by atoms with Crippen molar-refractivity contribution in [1.29, 1.82) is 0 Å². The van der Waals surface area contributed by atoms with E-state index in [-0.39, 0.29) is 29.4 Å². The number of para-hydroxylation sites is 1. The number of hydrogen-bond donors (Lipinski definition) is 1. The van der Waals surface area contributed by atoms with E-state index in [0.717, 1.165) is 11.8 Å². The molecule has 140 valence electrons. The number of thioether (sulfide) groups is 1. The van der Waals surface area contributed by atoms with Crippen molar-refractivity contribution in [1.82, 2.24) is 10.2 Å². The topological polar surface area (TPSA) is 77.2 Å². The van der Waals surface area contributed by atoms with Gasteiger partial charge in [0, 0.05) is 5.02 Å². The number of rotatable bonds is 7. The van der Waals surface area contributed by atoms with E-state index in [4.69, 9.17) is 44.0 Å². The van der Waals surface area contributed by atoms with Crippen molar-refractivity contribution >= 4 is 58.2 Å². The van der Waals surface area contributed by atoms with Crippen LogP contribution < -0.4 is 10.1 Å². The molecule has 0 aliphatic carbocycles. The number of aromatic nitrogens is 2. The number of carbonyl (C=O) groups is 1. The molecule has 0 fully saturated rings. The van der Waals surface area contributed by atoms with Gasteiger partial charge in [0.1, 0.15) is 5.75 Å². The van der Waals surface area contributed by atoms with Crippen molar-refractivity contribution in [2.45, 2.75) is 11.8 Å². The molecule has 3 aromatic rings. The molecule has 0 bridgehead atoms. The van der Waals surface area contributed by atoms with Crippen LogP contribution in [0, 0.1) is 0 Å². The van der Waals surface area contributed by atoms with Gasteiger partial charge in [-0.1, -0.05) is 58.7 Å². The molecule has 0 saturated carbocycles. The summed E-state index contributed by atoms with van der Waals surface area (Å²) < 4.78 is 11.0. The molecule has 27 heavy (non-hydrogen) atoms. The highest BCUT2D eigenvalue weighted by Crippen LogP contribution is 2.26. The minimum atomic E-state index is -0.267. The number of anilines is 1. The maximum absolute atomic E-state index is 12.0. The molecule has 1 aromatic heterocycles. The van der Waals surface area contributed by atoms with Gasteiger partial charge in [0.05, 0.1) is 21.5 Å². The largest absolute Gasteiger partial charge is 0.482 e. The van der Waals surface area contributed by atoms with Crippen LogP contribution in [0.15, 0.2) is 52.1 Å². The van der Waals surface area contributed by atoms with Crippen LogP contribution in [0.4, 0.5) is 5.69 Å². The third-order valence-electron chi connectivity index (χ3n) is 3.17. The van der Waals surface area contributed by atoms with Crippen LogP contribution in [0.25, 0.3) is 0 Å². The molecule has 6 nitrogen and oxygen atoms in total. The molecule has 0 radical (unpaired) electrons. The molecule has 10 heteroatoms. The molecule has 0 aliphatic heterocycles. The Kier molecular flexibility index (Phi) is 6.84. The lowest BCUT2D eigenvalue weighted by Gasteiger charge is -2.06. The minimum absolute atomic E-state index is 0.0733. The van der Waals surface area contributed by atoms with Gasteiger partial charge in [-0.15, -0.1) is 10.2 Å². The second-order valence-electron chi connectivity index (χ2n) is 5.14. The number of nitrogens with one attached hydrogen (secondary N) is 1. The van der Waals surface area contributed by atoms with Crippen molar-refractivity contribution in [2.24, 2.45) is 0 Å². The fourth-order valence-corrected chi connectivity index (χ4v) is 3.19. The summed E-state index contributed by atoms with van der Waals surface area (Å²) in [5.74, 6) is 0.604. The van der Waals surface area contributed by atoms with E-state index < -0.39 is 0 Å². The van der Waals surface area contributed by atoms with E-state index in [2.05, 4.69) is 15.5 Å². The Bertz CT molecular complexity index is 952. The average molecular weight is 445 g/mol. The van der Waals surface area contributed by atoms with Gasteiger partial charge in [0.25, 0.3) is 11.1 Å². The van der Waals surface area contributed by atoms with Crippen LogP contribution in [0.3, 0.4) is 0 Å². The summed E-state index contributed by atoms with van der Waals surface area (Å²) in [5, 5.41) is 12.0. The van der Waals surface area contributed by atoms with E-state index in [0.29, 0.717) is 26.5 Å². The van der Waals surface area contributed by atoms with E-state index in [1.807, 2.05) is 6.07 Å². The van der Waals surface area contributed by atoms with Crippen molar-refractivity contribution in [2.75, 3.05) is 11.1 Å². The highest BCUT2D eigenvalue weighted by atomic mass is 35.5. The lowest BCUT2D eigenvalue weighted by Crippen LogP contribution is -2.14. The van der Waals surface area contributed by atoms with E-state index in [9.17, 15) is 4.79 Å². The average Bonchev–Trinajstić information content (AvgIpc) is 3.10. The fraction of sp³-hybridized carbons (Fsp3) is 0.118. The predicted octanol–water partition coefficient (Wildman–Crippen LogP) is 5.34. The smallest absolute Gasteiger partial charge is 0.277 e. The Morgan fingerprint density at radius 1 is 1.11 bits per heavy atom. The molecule has 0 saturated heterocycles. The number of halogens is 3. The fourth-order valence-electron chi connectivity index (χ4n) is 1.96. The van der Waals surface area contributed by atoms with E-state index in [1.165, 1.54) is 0 Å². The summed E-state index contributed by atoms with van der Waals surface area (Å²) in [5.41, 5.74) is 0.478. The summed E-state index contributed by atoms with van der Waals surface area (Å²) in [4.78, 5) is 12.0. The zero-order valence-corrected chi connectivity index (χ0v) is 16.7. The molecule has 0 atom stereocenters. The maximum atomic E-state index is 12.0. The first-order chi connectivity index (χ1) is 13.0. The molecule has 1 N–H and O–H groups in total. The number of nitrogens with zero attached hydrogens (tertiary/aromatic N) is 2. The van der Waals surface area contributed by atoms with Gasteiger partial charge in [0.2, 0.25) is 5.91 Å². The van der Waals surface area contributed by atoms with Gasteiger partial charge in [0.15, 0.2) is 6.61 Å². The zero-order valence-electron chi connectivity index (χ0n) is 13.6. The Morgan fingerprint density at radius 3 is 2.70 bits per heavy atom. The molecular weight excluding hydrogens is 433 g/mol. The molecule has 0 aliphatic rings. The highest BCUT2D eigenvalue weighted by Gasteiger charge is 2.12. The summed E-state index contributed by atoms with van der Waals surface area (Å²) >= 11 is 19.0. The van der Waals surface area contributed by atoms with Crippen molar-refractivity contribution < 1.29 is 13.9 Å². The first kappa shape index (κ1) is 19.8. The van der Waals surface area contributed by atoms with Gasteiger partial charge in [-0.2, -0.15) is 0 Å². The Balaban J connectivity index is 1.49. The molecule has 1 amide bonds. The Morgan fingerprint density at radius 2 is 1.93 bits per heavy atom. The third kappa shape index (κ3) is 5.77. The standard InChI is InChI=1S/C17H12Cl3N3O3S/c18-10-5-6-13(12(20)7-10)21-15(24)9-27-17-23-22-16(26-17)8-25-14-4-2-1-3-11(14)19/h1-7H,8-9H2,(H,21,24). The normalized spacial score (nSPS) is 10.6. The Hall–Kier alpha value is -1.93. The van der Waals surface area contributed by atoms with Gasteiger partial charge in [-0.25, -0.2) is 0 Å². The number of hydrogen-bond acceptors (Lipinski definition) is 6. The van der Waals surface area contributed by atoms with Gasteiger partial charge < -0.3 is 14.5 Å². The van der Waals surface area contributed by atoms with Crippen LogP contribution >= 0.6 is 46.6 Å². The van der Waals surface area contributed by atoms with Crippen molar-refractivity contribution in [3.05, 3.63) is 63.4 Å². The summed E-state index contributed by atoms with van der Waals surface area (Å²) in [6.45, 7) is 0.0733. The third-order valence-corrected chi connectivity index (χ3v) is 4.85. The van der Waals surface area contributed by atoms with Gasteiger partial charge in [-0.3, -0.25) is 4.79 Å². The van der Waals surface area contributed by atoms with Crippen LogP contribution in [0.2, 0.25) is 15.1 Å². The summed E-state index contributed by atoms with van der Waals surface area (Å²) in [6.07, 6.45) is 0. The SMILES string of the molecule is O=C(CSc1nnc(COc2ccccc2Cl)o1)Nc1ccc(Cl)cc1Cl. The van der Waals surface area contributed by atoms with Crippen LogP contribution in [0.5, 0.6) is 5.75 Å².